The van der Waals surface area contributed by atoms with Crippen LogP contribution in [0.25, 0.3) is 0 Å². The first-order valence-corrected chi connectivity index (χ1v) is 6.53. The van der Waals surface area contributed by atoms with Gasteiger partial charge in [-0.2, -0.15) is 0 Å². The number of carbonyl (C=O) groups is 2. The summed E-state index contributed by atoms with van der Waals surface area (Å²) >= 11 is 0. The largest absolute Gasteiger partial charge is 0.427 e. The lowest BCUT2D eigenvalue weighted by molar-refractivity contribution is -0.131. The van der Waals surface area contributed by atoms with Crippen LogP contribution in [-0.4, -0.2) is 11.9 Å². The average molecular weight is 284 g/mol. The Morgan fingerprint density at radius 2 is 1.57 bits per heavy atom. The van der Waals surface area contributed by atoms with Crippen LogP contribution in [0.5, 0.6) is 11.5 Å². The van der Waals surface area contributed by atoms with Crippen molar-refractivity contribution in [2.75, 3.05) is 0 Å². The van der Waals surface area contributed by atoms with Gasteiger partial charge in [0.1, 0.15) is 11.5 Å². The molecule has 0 fully saturated rings. The Morgan fingerprint density at radius 3 is 2.14 bits per heavy atom. The molecule has 0 aromatic heterocycles. The van der Waals surface area contributed by atoms with Crippen molar-refractivity contribution in [1.82, 2.24) is 0 Å². The standard InChI is InChI=1S/C17H16O4/c1-11-4-6-14(7-5-11)17(19)21-16-9-8-15(10-12(16)2)20-13(3)18/h4-10H,1-3H3. The highest BCUT2D eigenvalue weighted by Crippen LogP contribution is 2.24. The number of hydrogen-bond donors (Lipinski definition) is 0. The molecule has 0 aliphatic rings. The summed E-state index contributed by atoms with van der Waals surface area (Å²) in [6, 6.07) is 12.0. The van der Waals surface area contributed by atoms with E-state index in [1.54, 1.807) is 37.3 Å². The van der Waals surface area contributed by atoms with E-state index in [-0.39, 0.29) is 5.97 Å². The third kappa shape index (κ3) is 3.92. The van der Waals surface area contributed by atoms with E-state index in [1.165, 1.54) is 6.92 Å². The summed E-state index contributed by atoms with van der Waals surface area (Å²) in [5, 5.41) is 0. The van der Waals surface area contributed by atoms with E-state index in [4.69, 9.17) is 9.47 Å². The van der Waals surface area contributed by atoms with Crippen LogP contribution in [0.1, 0.15) is 28.4 Å². The molecular formula is C17H16O4. The summed E-state index contributed by atoms with van der Waals surface area (Å²) in [5.74, 6) is 0.0590. The van der Waals surface area contributed by atoms with Gasteiger partial charge in [0.05, 0.1) is 5.56 Å². The van der Waals surface area contributed by atoms with Gasteiger partial charge < -0.3 is 9.47 Å². The summed E-state index contributed by atoms with van der Waals surface area (Å²) in [5.41, 5.74) is 2.28. The first-order valence-electron chi connectivity index (χ1n) is 6.53. The molecule has 0 spiro atoms. The van der Waals surface area contributed by atoms with Gasteiger partial charge in [-0.25, -0.2) is 4.79 Å². The van der Waals surface area contributed by atoms with Gasteiger partial charge in [-0.3, -0.25) is 4.79 Å². The first kappa shape index (κ1) is 14.8. The van der Waals surface area contributed by atoms with Gasteiger partial charge in [0, 0.05) is 6.92 Å². The number of aryl methyl sites for hydroxylation is 2. The number of ether oxygens (including phenoxy) is 2. The van der Waals surface area contributed by atoms with Crippen molar-refractivity contribution in [3.8, 4) is 11.5 Å². The van der Waals surface area contributed by atoms with E-state index >= 15 is 0 Å². The summed E-state index contributed by atoms with van der Waals surface area (Å²) in [4.78, 5) is 22.9. The maximum absolute atomic E-state index is 12.0. The fourth-order valence-electron chi connectivity index (χ4n) is 1.81. The Kier molecular flexibility index (Phi) is 4.38. The molecule has 0 saturated carbocycles. The number of rotatable bonds is 3. The molecule has 0 N–H and O–H groups in total. The summed E-state index contributed by atoms with van der Waals surface area (Å²) in [6.07, 6.45) is 0. The van der Waals surface area contributed by atoms with Gasteiger partial charge in [-0.05, 0) is 49.7 Å². The van der Waals surface area contributed by atoms with Gasteiger partial charge in [0.15, 0.2) is 0 Å². The molecule has 4 heteroatoms. The summed E-state index contributed by atoms with van der Waals surface area (Å²) in [7, 11) is 0. The predicted molar refractivity (Wildman–Crippen MR) is 78.6 cm³/mol. The lowest BCUT2D eigenvalue weighted by Crippen LogP contribution is -2.09. The first-order chi connectivity index (χ1) is 9.95. The lowest BCUT2D eigenvalue weighted by atomic mass is 10.1. The van der Waals surface area contributed by atoms with E-state index in [0.29, 0.717) is 22.6 Å². The van der Waals surface area contributed by atoms with Gasteiger partial charge in [0.2, 0.25) is 0 Å². The molecule has 0 atom stereocenters. The molecule has 0 unspecified atom stereocenters. The molecule has 2 aromatic carbocycles. The molecule has 0 aliphatic carbocycles. The highest BCUT2D eigenvalue weighted by molar-refractivity contribution is 5.91. The Balaban J connectivity index is 2.14. The van der Waals surface area contributed by atoms with Crippen molar-refractivity contribution < 1.29 is 19.1 Å². The zero-order chi connectivity index (χ0) is 15.4. The molecule has 0 bridgehead atoms. The zero-order valence-electron chi connectivity index (χ0n) is 12.2. The summed E-state index contributed by atoms with van der Waals surface area (Å²) in [6.45, 7) is 5.07. The van der Waals surface area contributed by atoms with Crippen molar-refractivity contribution in [2.24, 2.45) is 0 Å². The fourth-order valence-corrected chi connectivity index (χ4v) is 1.81. The highest BCUT2D eigenvalue weighted by atomic mass is 16.5. The molecule has 2 aromatic rings. The molecular weight excluding hydrogens is 268 g/mol. The Labute approximate surface area is 123 Å². The molecule has 4 nitrogen and oxygen atoms in total. The second kappa shape index (κ2) is 6.22. The number of hydrogen-bond acceptors (Lipinski definition) is 4. The van der Waals surface area contributed by atoms with Crippen LogP contribution in [0.15, 0.2) is 42.5 Å². The van der Waals surface area contributed by atoms with Crippen molar-refractivity contribution >= 4 is 11.9 Å². The SMILES string of the molecule is CC(=O)Oc1ccc(OC(=O)c2ccc(C)cc2)c(C)c1. The number of esters is 2. The lowest BCUT2D eigenvalue weighted by Gasteiger charge is -2.09. The second-order valence-corrected chi connectivity index (χ2v) is 4.78. The Hall–Kier alpha value is -2.62. The van der Waals surface area contributed by atoms with Crippen molar-refractivity contribution in [3.05, 3.63) is 59.2 Å². The molecule has 0 radical (unpaired) electrons. The molecule has 0 saturated heterocycles. The fraction of sp³-hybridized carbons (Fsp3) is 0.176. The molecule has 108 valence electrons. The average Bonchev–Trinajstić information content (AvgIpc) is 2.42. The minimum atomic E-state index is -0.418. The minimum absolute atomic E-state index is 0.390. The molecule has 0 amide bonds. The van der Waals surface area contributed by atoms with Crippen LogP contribution >= 0.6 is 0 Å². The second-order valence-electron chi connectivity index (χ2n) is 4.78. The van der Waals surface area contributed by atoms with Crippen LogP contribution < -0.4 is 9.47 Å². The van der Waals surface area contributed by atoms with E-state index in [0.717, 1.165) is 5.56 Å². The smallest absolute Gasteiger partial charge is 0.343 e. The van der Waals surface area contributed by atoms with Crippen molar-refractivity contribution in [3.63, 3.8) is 0 Å². The summed E-state index contributed by atoms with van der Waals surface area (Å²) < 4.78 is 10.3. The monoisotopic (exact) mass is 284 g/mol. The zero-order valence-corrected chi connectivity index (χ0v) is 12.2. The minimum Gasteiger partial charge on any atom is -0.427 e. The van der Waals surface area contributed by atoms with Gasteiger partial charge >= 0.3 is 11.9 Å². The van der Waals surface area contributed by atoms with Crippen molar-refractivity contribution in [2.45, 2.75) is 20.8 Å². The third-order valence-corrected chi connectivity index (χ3v) is 2.90. The molecule has 0 aliphatic heterocycles. The predicted octanol–water partition coefficient (Wildman–Crippen LogP) is 3.45. The van der Waals surface area contributed by atoms with Crippen LogP contribution in [0.3, 0.4) is 0 Å². The maximum Gasteiger partial charge on any atom is 0.343 e. The van der Waals surface area contributed by atoms with Crippen LogP contribution in [0.2, 0.25) is 0 Å². The van der Waals surface area contributed by atoms with E-state index < -0.39 is 5.97 Å². The van der Waals surface area contributed by atoms with Gasteiger partial charge in [0.25, 0.3) is 0 Å². The van der Waals surface area contributed by atoms with Gasteiger partial charge in [-0.1, -0.05) is 17.7 Å². The van der Waals surface area contributed by atoms with E-state index in [1.807, 2.05) is 19.1 Å². The highest BCUT2D eigenvalue weighted by Gasteiger charge is 2.11. The molecule has 21 heavy (non-hydrogen) atoms. The topological polar surface area (TPSA) is 52.6 Å². The van der Waals surface area contributed by atoms with E-state index in [9.17, 15) is 9.59 Å². The van der Waals surface area contributed by atoms with Crippen LogP contribution in [0.4, 0.5) is 0 Å². The molecule has 0 heterocycles. The van der Waals surface area contributed by atoms with Crippen molar-refractivity contribution in [1.29, 1.82) is 0 Å². The number of benzene rings is 2. The normalized spacial score (nSPS) is 10.0. The Bertz CT molecular complexity index is 672. The quantitative estimate of drug-likeness (QED) is 0.640. The maximum atomic E-state index is 12.0. The van der Waals surface area contributed by atoms with Gasteiger partial charge in [-0.15, -0.1) is 0 Å². The molecule has 2 rings (SSSR count). The van der Waals surface area contributed by atoms with E-state index in [2.05, 4.69) is 0 Å². The third-order valence-electron chi connectivity index (χ3n) is 2.90. The Morgan fingerprint density at radius 1 is 0.905 bits per heavy atom. The van der Waals surface area contributed by atoms with Crippen LogP contribution in [0, 0.1) is 13.8 Å². The van der Waals surface area contributed by atoms with Crippen LogP contribution in [-0.2, 0) is 4.79 Å². The number of carbonyl (C=O) groups excluding carboxylic acids is 2.